The monoisotopic (exact) mass is 188 g/mol. The van der Waals surface area contributed by atoms with E-state index in [1.54, 1.807) is 14.2 Å². The Morgan fingerprint density at radius 2 is 1.31 bits per heavy atom. The van der Waals surface area contributed by atoms with Crippen molar-refractivity contribution in [1.82, 2.24) is 0 Å². The zero-order chi connectivity index (χ0) is 9.84. The Bertz CT molecular complexity index is 133. The van der Waals surface area contributed by atoms with Crippen LogP contribution in [0.5, 0.6) is 0 Å². The normalized spacial score (nSPS) is 39.7. The fourth-order valence-corrected chi connectivity index (χ4v) is 2.14. The third-order valence-corrected chi connectivity index (χ3v) is 2.90. The highest BCUT2D eigenvalue weighted by Gasteiger charge is 2.39. The van der Waals surface area contributed by atoms with Crippen LogP contribution in [0.1, 0.15) is 13.8 Å². The van der Waals surface area contributed by atoms with E-state index in [1.807, 2.05) is 0 Å². The first-order valence-electron chi connectivity index (χ1n) is 4.84. The molecule has 1 saturated heterocycles. The standard InChI is InChI=1S/C10H20O3/c1-7-9(5-11-3)10(6-12-4)8(2)13-7/h7-10H,5-6H2,1-4H3/t7-,8-,9-,10+/m1/s1. The van der Waals surface area contributed by atoms with Gasteiger partial charge in [-0.2, -0.15) is 0 Å². The van der Waals surface area contributed by atoms with Gasteiger partial charge in [0, 0.05) is 26.1 Å². The van der Waals surface area contributed by atoms with Crippen molar-refractivity contribution in [2.75, 3.05) is 27.4 Å². The lowest BCUT2D eigenvalue weighted by Crippen LogP contribution is -2.27. The van der Waals surface area contributed by atoms with Crippen molar-refractivity contribution in [2.45, 2.75) is 26.1 Å². The maximum Gasteiger partial charge on any atom is 0.0605 e. The first kappa shape index (κ1) is 11.0. The van der Waals surface area contributed by atoms with Gasteiger partial charge in [0.2, 0.25) is 0 Å². The van der Waals surface area contributed by atoms with Crippen LogP contribution in [0.4, 0.5) is 0 Å². The molecular weight excluding hydrogens is 168 g/mol. The van der Waals surface area contributed by atoms with Gasteiger partial charge in [-0.05, 0) is 13.8 Å². The molecular formula is C10H20O3. The molecule has 1 heterocycles. The molecule has 0 unspecified atom stereocenters. The van der Waals surface area contributed by atoms with Gasteiger partial charge in [0.25, 0.3) is 0 Å². The highest BCUT2D eigenvalue weighted by molar-refractivity contribution is 4.86. The van der Waals surface area contributed by atoms with E-state index in [2.05, 4.69) is 13.8 Å². The van der Waals surface area contributed by atoms with Crippen LogP contribution in [0.2, 0.25) is 0 Å². The molecule has 1 fully saturated rings. The van der Waals surface area contributed by atoms with Crippen molar-refractivity contribution >= 4 is 0 Å². The Hall–Kier alpha value is -0.120. The van der Waals surface area contributed by atoms with Crippen molar-refractivity contribution in [3.05, 3.63) is 0 Å². The summed E-state index contributed by atoms with van der Waals surface area (Å²) in [7, 11) is 3.47. The van der Waals surface area contributed by atoms with Crippen LogP contribution >= 0.6 is 0 Å². The van der Waals surface area contributed by atoms with Gasteiger partial charge in [0.05, 0.1) is 25.4 Å². The molecule has 78 valence electrons. The van der Waals surface area contributed by atoms with Gasteiger partial charge in [-0.25, -0.2) is 0 Å². The smallest absolute Gasteiger partial charge is 0.0605 e. The molecule has 0 aromatic carbocycles. The van der Waals surface area contributed by atoms with E-state index in [0.29, 0.717) is 11.8 Å². The molecule has 4 atom stereocenters. The van der Waals surface area contributed by atoms with Crippen LogP contribution < -0.4 is 0 Å². The quantitative estimate of drug-likeness (QED) is 0.666. The third kappa shape index (κ3) is 2.42. The van der Waals surface area contributed by atoms with E-state index >= 15 is 0 Å². The lowest BCUT2D eigenvalue weighted by atomic mass is 9.89. The second-order valence-electron chi connectivity index (χ2n) is 3.78. The Balaban J connectivity index is 2.54. The molecule has 0 aromatic rings. The van der Waals surface area contributed by atoms with Gasteiger partial charge >= 0.3 is 0 Å². The highest BCUT2D eigenvalue weighted by atomic mass is 16.5. The van der Waals surface area contributed by atoms with Crippen molar-refractivity contribution in [3.63, 3.8) is 0 Å². The van der Waals surface area contributed by atoms with Gasteiger partial charge in [0.1, 0.15) is 0 Å². The minimum Gasteiger partial charge on any atom is -0.384 e. The maximum atomic E-state index is 5.73. The molecule has 0 amide bonds. The molecule has 3 heteroatoms. The van der Waals surface area contributed by atoms with E-state index in [1.165, 1.54) is 0 Å². The van der Waals surface area contributed by atoms with Crippen LogP contribution in [0.25, 0.3) is 0 Å². The Morgan fingerprint density at radius 3 is 1.62 bits per heavy atom. The summed E-state index contributed by atoms with van der Waals surface area (Å²) in [6, 6.07) is 0. The summed E-state index contributed by atoms with van der Waals surface area (Å²) in [5.41, 5.74) is 0. The van der Waals surface area contributed by atoms with Crippen LogP contribution in [0.3, 0.4) is 0 Å². The van der Waals surface area contributed by atoms with Crippen molar-refractivity contribution in [2.24, 2.45) is 11.8 Å². The Kier molecular flexibility index (Phi) is 4.16. The molecule has 0 spiro atoms. The van der Waals surface area contributed by atoms with Gasteiger partial charge < -0.3 is 14.2 Å². The maximum absolute atomic E-state index is 5.73. The van der Waals surface area contributed by atoms with E-state index in [9.17, 15) is 0 Å². The summed E-state index contributed by atoms with van der Waals surface area (Å²) < 4.78 is 16.1. The summed E-state index contributed by atoms with van der Waals surface area (Å²) in [6.07, 6.45) is 0.574. The fraction of sp³-hybridized carbons (Fsp3) is 1.00. The predicted molar refractivity (Wildman–Crippen MR) is 50.7 cm³/mol. The molecule has 0 N–H and O–H groups in total. The summed E-state index contributed by atoms with van der Waals surface area (Å²) in [5.74, 6) is 0.944. The van der Waals surface area contributed by atoms with Crippen LogP contribution in [-0.2, 0) is 14.2 Å². The van der Waals surface area contributed by atoms with Crippen LogP contribution in [0, 0.1) is 11.8 Å². The van der Waals surface area contributed by atoms with Crippen LogP contribution in [0.15, 0.2) is 0 Å². The van der Waals surface area contributed by atoms with E-state index < -0.39 is 0 Å². The van der Waals surface area contributed by atoms with Crippen LogP contribution in [-0.4, -0.2) is 39.6 Å². The predicted octanol–water partition coefficient (Wildman–Crippen LogP) is 1.32. The van der Waals surface area contributed by atoms with Gasteiger partial charge in [0.15, 0.2) is 0 Å². The van der Waals surface area contributed by atoms with E-state index in [-0.39, 0.29) is 12.2 Å². The average Bonchev–Trinajstić information content (AvgIpc) is 2.33. The van der Waals surface area contributed by atoms with Crippen molar-refractivity contribution < 1.29 is 14.2 Å². The first-order valence-corrected chi connectivity index (χ1v) is 4.84. The molecule has 0 radical (unpaired) electrons. The van der Waals surface area contributed by atoms with Gasteiger partial charge in [-0.1, -0.05) is 0 Å². The second kappa shape index (κ2) is 4.94. The Labute approximate surface area is 80.4 Å². The zero-order valence-electron chi connectivity index (χ0n) is 8.95. The Morgan fingerprint density at radius 1 is 0.923 bits per heavy atom. The van der Waals surface area contributed by atoms with Crippen molar-refractivity contribution in [1.29, 1.82) is 0 Å². The van der Waals surface area contributed by atoms with E-state index in [0.717, 1.165) is 13.2 Å². The topological polar surface area (TPSA) is 27.7 Å². The molecule has 1 aliphatic heterocycles. The van der Waals surface area contributed by atoms with Crippen molar-refractivity contribution in [3.8, 4) is 0 Å². The summed E-state index contributed by atoms with van der Waals surface area (Å²) >= 11 is 0. The number of hydrogen-bond donors (Lipinski definition) is 0. The second-order valence-corrected chi connectivity index (χ2v) is 3.78. The minimum absolute atomic E-state index is 0.287. The summed E-state index contributed by atoms with van der Waals surface area (Å²) in [6.45, 7) is 5.74. The molecule has 0 saturated carbocycles. The molecule has 1 rings (SSSR count). The number of ether oxygens (including phenoxy) is 3. The first-order chi connectivity index (χ1) is 6.20. The van der Waals surface area contributed by atoms with Gasteiger partial charge in [-0.3, -0.25) is 0 Å². The zero-order valence-corrected chi connectivity index (χ0v) is 8.95. The summed E-state index contributed by atoms with van der Waals surface area (Å²) in [4.78, 5) is 0. The average molecular weight is 188 g/mol. The van der Waals surface area contributed by atoms with E-state index in [4.69, 9.17) is 14.2 Å². The molecule has 3 nitrogen and oxygen atoms in total. The number of rotatable bonds is 4. The fourth-order valence-electron chi connectivity index (χ4n) is 2.14. The lowest BCUT2D eigenvalue weighted by Gasteiger charge is -2.20. The number of hydrogen-bond acceptors (Lipinski definition) is 3. The SMILES string of the molecule is COC[C@@H]1[C@H](COC)[C@@H](C)O[C@@H]1C. The molecule has 1 aliphatic rings. The third-order valence-electron chi connectivity index (χ3n) is 2.90. The molecule has 0 aromatic heterocycles. The lowest BCUT2D eigenvalue weighted by molar-refractivity contribution is 0.0364. The van der Waals surface area contributed by atoms with Gasteiger partial charge in [-0.15, -0.1) is 0 Å². The highest BCUT2D eigenvalue weighted by Crippen LogP contribution is 2.32. The molecule has 13 heavy (non-hydrogen) atoms. The molecule has 0 bridgehead atoms. The number of methoxy groups -OCH3 is 2. The largest absolute Gasteiger partial charge is 0.384 e. The molecule has 0 aliphatic carbocycles. The summed E-state index contributed by atoms with van der Waals surface area (Å²) in [5, 5.41) is 0. The minimum atomic E-state index is 0.287.